The molecule has 1 saturated heterocycles. The summed E-state index contributed by atoms with van der Waals surface area (Å²) in [6, 6.07) is 1.50. The third kappa shape index (κ3) is 4.36. The first-order valence-electron chi connectivity index (χ1n) is 9.88. The molecule has 1 aromatic heterocycles. The molecule has 2 N–H and O–H groups in total. The van der Waals surface area contributed by atoms with Crippen molar-refractivity contribution in [2.24, 2.45) is 11.3 Å². The van der Waals surface area contributed by atoms with E-state index in [-0.39, 0.29) is 22.6 Å². The quantitative estimate of drug-likeness (QED) is 0.720. The number of H-pyrrole nitrogens is 1. The molecular weight excluding hydrogens is 397 g/mol. The number of carbonyl (C=O) groups is 1. The van der Waals surface area contributed by atoms with Crippen molar-refractivity contribution in [2.45, 2.75) is 59.2 Å². The Labute approximate surface area is 175 Å². The average molecular weight is 426 g/mol. The number of nitrogens with one attached hydrogen (secondary N) is 1. The lowest BCUT2D eigenvalue weighted by Crippen LogP contribution is -2.45. The number of nitrogens with zero attached hydrogens (tertiary/aromatic N) is 2. The van der Waals surface area contributed by atoms with Gasteiger partial charge in [0.05, 0.1) is 22.8 Å². The number of aliphatic hydroxyl groups is 1. The lowest BCUT2D eigenvalue weighted by molar-refractivity contribution is -0.0267. The molecule has 2 heterocycles. The van der Waals surface area contributed by atoms with E-state index in [4.69, 9.17) is 16.3 Å². The van der Waals surface area contributed by atoms with Crippen LogP contribution in [0.3, 0.4) is 0 Å². The van der Waals surface area contributed by atoms with Crippen molar-refractivity contribution in [3.63, 3.8) is 0 Å². The molecule has 0 radical (unpaired) electrons. The number of hydrogen-bond acceptors (Lipinski definition) is 4. The Morgan fingerprint density at radius 2 is 1.97 bits per heavy atom. The van der Waals surface area contributed by atoms with E-state index in [0.717, 1.165) is 0 Å². The van der Waals surface area contributed by atoms with E-state index in [1.54, 1.807) is 11.1 Å². The van der Waals surface area contributed by atoms with Crippen LogP contribution in [0.1, 0.15) is 59.1 Å². The van der Waals surface area contributed by atoms with Gasteiger partial charge in [0, 0.05) is 24.0 Å². The highest BCUT2D eigenvalue weighted by atomic mass is 35.5. The fourth-order valence-corrected chi connectivity index (χ4v) is 4.26. The lowest BCUT2D eigenvalue weighted by atomic mass is 9.68. The lowest BCUT2D eigenvalue weighted by Gasteiger charge is -2.43. The molecule has 160 valence electrons. The number of fused-ring (bicyclic) bond motifs is 1. The molecule has 3 rings (SSSR count). The first-order valence-corrected chi connectivity index (χ1v) is 10.3. The Hall–Kier alpha value is -1.86. The van der Waals surface area contributed by atoms with Gasteiger partial charge in [-0.3, -0.25) is 5.10 Å². The third-order valence-corrected chi connectivity index (χ3v) is 6.12. The maximum absolute atomic E-state index is 14.9. The number of aromatic nitrogens is 2. The van der Waals surface area contributed by atoms with Gasteiger partial charge >= 0.3 is 6.09 Å². The summed E-state index contributed by atoms with van der Waals surface area (Å²) in [5.41, 5.74) is -0.574. The van der Waals surface area contributed by atoms with E-state index in [1.807, 2.05) is 34.6 Å². The van der Waals surface area contributed by atoms with E-state index in [0.29, 0.717) is 36.8 Å². The smallest absolute Gasteiger partial charge is 0.410 e. The highest BCUT2D eigenvalue weighted by Gasteiger charge is 2.42. The van der Waals surface area contributed by atoms with E-state index in [1.165, 1.54) is 6.07 Å². The Bertz CT molecular complexity index is 898. The monoisotopic (exact) mass is 425 g/mol. The van der Waals surface area contributed by atoms with Crippen LogP contribution in [0.4, 0.5) is 9.18 Å². The number of hydrogen-bond donors (Lipinski definition) is 2. The number of rotatable bonds is 3. The summed E-state index contributed by atoms with van der Waals surface area (Å²) in [5.74, 6) is -0.539. The van der Waals surface area contributed by atoms with Crippen molar-refractivity contribution in [1.29, 1.82) is 0 Å². The molecule has 0 saturated carbocycles. The summed E-state index contributed by atoms with van der Waals surface area (Å²) < 4.78 is 20.3. The highest BCUT2D eigenvalue weighted by Crippen LogP contribution is 2.47. The first kappa shape index (κ1) is 21.8. The molecular formula is C21H29ClFN3O3. The van der Waals surface area contributed by atoms with Crippen molar-refractivity contribution >= 4 is 28.6 Å². The Kier molecular flexibility index (Phi) is 5.84. The largest absolute Gasteiger partial charge is 0.444 e. The third-order valence-electron chi connectivity index (χ3n) is 5.84. The SMILES string of the molecule is CC(C)(C)OC(=O)N1CCC(C(C)(C)[C@@H](O)c2c(F)c(Cl)cc3cn[nH]c23)CC1. The molecule has 1 amide bonds. The molecule has 0 bridgehead atoms. The van der Waals surface area contributed by atoms with Gasteiger partial charge in [0.25, 0.3) is 0 Å². The predicted molar refractivity (Wildman–Crippen MR) is 110 cm³/mol. The van der Waals surface area contributed by atoms with Gasteiger partial charge in [-0.2, -0.15) is 5.10 Å². The van der Waals surface area contributed by atoms with E-state index in [2.05, 4.69) is 10.2 Å². The van der Waals surface area contributed by atoms with Gasteiger partial charge in [-0.15, -0.1) is 0 Å². The molecule has 1 aromatic carbocycles. The maximum Gasteiger partial charge on any atom is 0.410 e. The molecule has 29 heavy (non-hydrogen) atoms. The standard InChI is InChI=1S/C21H29ClFN3O3/c1-20(2,3)29-19(28)26-8-6-13(7-9-26)21(4,5)18(27)15-16(23)14(22)10-12-11-24-25-17(12)15/h10-11,13,18,27H,6-9H2,1-5H3,(H,24,25)/t18-/m0/s1. The van der Waals surface area contributed by atoms with Crippen molar-refractivity contribution in [3.8, 4) is 0 Å². The van der Waals surface area contributed by atoms with Crippen LogP contribution in [-0.2, 0) is 4.74 Å². The van der Waals surface area contributed by atoms with Gasteiger partial charge in [-0.05, 0) is 51.0 Å². The average Bonchev–Trinajstić information content (AvgIpc) is 3.08. The molecule has 0 aliphatic carbocycles. The number of carbonyl (C=O) groups excluding carboxylic acids is 1. The number of benzene rings is 1. The number of halogens is 2. The van der Waals surface area contributed by atoms with Crippen LogP contribution >= 0.6 is 11.6 Å². The van der Waals surface area contributed by atoms with Gasteiger partial charge in [0.15, 0.2) is 0 Å². The number of aliphatic hydroxyl groups excluding tert-OH is 1. The van der Waals surface area contributed by atoms with Crippen molar-refractivity contribution in [2.75, 3.05) is 13.1 Å². The van der Waals surface area contributed by atoms with Crippen LogP contribution < -0.4 is 0 Å². The Balaban J connectivity index is 1.78. The number of piperidine rings is 1. The zero-order valence-corrected chi connectivity index (χ0v) is 18.3. The highest BCUT2D eigenvalue weighted by molar-refractivity contribution is 6.31. The molecule has 0 spiro atoms. The first-order chi connectivity index (χ1) is 13.4. The molecule has 0 unspecified atom stereocenters. The van der Waals surface area contributed by atoms with Crippen molar-refractivity contribution < 1.29 is 19.0 Å². The molecule has 1 atom stereocenters. The predicted octanol–water partition coefficient (Wildman–Crippen LogP) is 5.06. The zero-order chi connectivity index (χ0) is 21.6. The minimum absolute atomic E-state index is 0.0384. The fraction of sp³-hybridized carbons (Fsp3) is 0.619. The van der Waals surface area contributed by atoms with Crippen LogP contribution in [0.15, 0.2) is 12.3 Å². The summed E-state index contributed by atoms with van der Waals surface area (Å²) in [4.78, 5) is 14.0. The van der Waals surface area contributed by atoms with Crippen LogP contribution in [0.25, 0.3) is 10.9 Å². The van der Waals surface area contributed by atoms with Gasteiger partial charge in [0.1, 0.15) is 11.4 Å². The van der Waals surface area contributed by atoms with Crippen molar-refractivity contribution in [1.82, 2.24) is 15.1 Å². The van der Waals surface area contributed by atoms with Gasteiger partial charge in [-0.25, -0.2) is 9.18 Å². The van der Waals surface area contributed by atoms with Crippen LogP contribution in [-0.4, -0.2) is 45.0 Å². The Morgan fingerprint density at radius 1 is 1.34 bits per heavy atom. The molecule has 8 heteroatoms. The molecule has 6 nitrogen and oxygen atoms in total. The zero-order valence-electron chi connectivity index (χ0n) is 17.6. The number of amides is 1. The summed E-state index contributed by atoms with van der Waals surface area (Å²) in [5, 5.41) is 18.6. The van der Waals surface area contributed by atoms with Gasteiger partial charge < -0.3 is 14.7 Å². The topological polar surface area (TPSA) is 78.4 Å². The van der Waals surface area contributed by atoms with E-state index in [9.17, 15) is 14.3 Å². The summed E-state index contributed by atoms with van der Waals surface area (Å²) in [7, 11) is 0. The second-order valence-corrected chi connectivity index (χ2v) is 9.79. The van der Waals surface area contributed by atoms with E-state index >= 15 is 0 Å². The molecule has 1 aliphatic heterocycles. The maximum atomic E-state index is 14.9. The second-order valence-electron chi connectivity index (χ2n) is 9.39. The molecule has 2 aromatic rings. The van der Waals surface area contributed by atoms with Crippen LogP contribution in [0.2, 0.25) is 5.02 Å². The summed E-state index contributed by atoms with van der Waals surface area (Å²) in [6.45, 7) is 10.4. The normalized spacial score (nSPS) is 17.6. The molecule has 1 aliphatic rings. The number of likely N-dealkylation sites (tertiary alicyclic amines) is 1. The molecule has 1 fully saturated rings. The van der Waals surface area contributed by atoms with Crippen molar-refractivity contribution in [3.05, 3.63) is 28.7 Å². The second kappa shape index (κ2) is 7.76. The number of aromatic amines is 1. The van der Waals surface area contributed by atoms with Crippen LogP contribution in [0, 0.1) is 17.2 Å². The summed E-state index contributed by atoms with van der Waals surface area (Å²) in [6.07, 6.45) is 1.54. The summed E-state index contributed by atoms with van der Waals surface area (Å²) >= 11 is 6.05. The van der Waals surface area contributed by atoms with Crippen LogP contribution in [0.5, 0.6) is 0 Å². The minimum atomic E-state index is -1.08. The minimum Gasteiger partial charge on any atom is -0.444 e. The number of ether oxygens (including phenoxy) is 1. The fourth-order valence-electron chi connectivity index (χ4n) is 4.04. The van der Waals surface area contributed by atoms with E-state index < -0.39 is 22.9 Å². The van der Waals surface area contributed by atoms with Gasteiger partial charge in [-0.1, -0.05) is 25.4 Å². The Morgan fingerprint density at radius 3 is 2.55 bits per heavy atom. The van der Waals surface area contributed by atoms with Gasteiger partial charge in [0.2, 0.25) is 0 Å².